The fourth-order valence-corrected chi connectivity index (χ4v) is 2.34. The highest BCUT2D eigenvalue weighted by Crippen LogP contribution is 2.18. The molecule has 1 aliphatic rings. The second kappa shape index (κ2) is 8.09. The molecule has 1 rings (SSSR count). The van der Waals surface area contributed by atoms with Gasteiger partial charge in [0, 0.05) is 6.04 Å². The first kappa shape index (κ1) is 13.0. The van der Waals surface area contributed by atoms with Crippen LogP contribution in [0.5, 0.6) is 0 Å². The standard InChI is InChI=1S/C13H26FN/c1-2-3-4-5-6-7-9-12(14)13-10-8-11-15-13/h12-13,15H,2-11H2,1H3. The van der Waals surface area contributed by atoms with Gasteiger partial charge in [0.1, 0.15) is 6.17 Å². The maximum Gasteiger partial charge on any atom is 0.115 e. The van der Waals surface area contributed by atoms with E-state index in [1.807, 2.05) is 0 Å². The van der Waals surface area contributed by atoms with Gasteiger partial charge in [-0.1, -0.05) is 45.4 Å². The molecule has 2 unspecified atom stereocenters. The molecule has 90 valence electrons. The van der Waals surface area contributed by atoms with E-state index in [1.165, 1.54) is 32.1 Å². The molecule has 2 atom stereocenters. The fraction of sp³-hybridized carbons (Fsp3) is 1.00. The summed E-state index contributed by atoms with van der Waals surface area (Å²) in [5, 5.41) is 3.24. The Bertz CT molecular complexity index is 143. The second-order valence-electron chi connectivity index (χ2n) is 4.78. The number of alkyl halides is 1. The third-order valence-electron chi connectivity index (χ3n) is 3.37. The molecule has 0 aromatic carbocycles. The molecule has 0 radical (unpaired) electrons. The highest BCUT2D eigenvalue weighted by Gasteiger charge is 2.23. The smallest absolute Gasteiger partial charge is 0.115 e. The largest absolute Gasteiger partial charge is 0.311 e. The molecular weight excluding hydrogens is 189 g/mol. The highest BCUT2D eigenvalue weighted by molar-refractivity contribution is 4.81. The lowest BCUT2D eigenvalue weighted by Crippen LogP contribution is -2.31. The summed E-state index contributed by atoms with van der Waals surface area (Å²) in [6.45, 7) is 3.24. The van der Waals surface area contributed by atoms with E-state index in [9.17, 15) is 4.39 Å². The molecule has 0 amide bonds. The molecule has 0 saturated carbocycles. The summed E-state index contributed by atoms with van der Waals surface area (Å²) < 4.78 is 13.6. The molecule has 1 aliphatic heterocycles. The molecule has 1 saturated heterocycles. The molecule has 0 spiro atoms. The van der Waals surface area contributed by atoms with Crippen LogP contribution in [0.25, 0.3) is 0 Å². The van der Waals surface area contributed by atoms with Gasteiger partial charge in [0.15, 0.2) is 0 Å². The lowest BCUT2D eigenvalue weighted by molar-refractivity contribution is 0.243. The van der Waals surface area contributed by atoms with Crippen LogP contribution in [-0.4, -0.2) is 18.8 Å². The first-order valence-corrected chi connectivity index (χ1v) is 6.72. The van der Waals surface area contributed by atoms with Crippen LogP contribution in [0.15, 0.2) is 0 Å². The first-order chi connectivity index (χ1) is 7.34. The fourth-order valence-electron chi connectivity index (χ4n) is 2.34. The van der Waals surface area contributed by atoms with Crippen LogP contribution < -0.4 is 5.32 Å². The SMILES string of the molecule is CCCCCCCCC(F)C1CCCN1. The van der Waals surface area contributed by atoms with E-state index < -0.39 is 6.17 Å². The Morgan fingerprint density at radius 3 is 2.60 bits per heavy atom. The number of hydrogen-bond acceptors (Lipinski definition) is 1. The van der Waals surface area contributed by atoms with Crippen molar-refractivity contribution >= 4 is 0 Å². The van der Waals surface area contributed by atoms with Crippen molar-refractivity contribution in [1.82, 2.24) is 5.32 Å². The Morgan fingerprint density at radius 1 is 1.20 bits per heavy atom. The molecule has 1 nitrogen and oxygen atoms in total. The third kappa shape index (κ3) is 5.50. The minimum atomic E-state index is -0.598. The monoisotopic (exact) mass is 215 g/mol. The van der Waals surface area contributed by atoms with E-state index in [1.54, 1.807) is 0 Å². The summed E-state index contributed by atoms with van der Waals surface area (Å²) in [5.41, 5.74) is 0. The zero-order valence-electron chi connectivity index (χ0n) is 10.1. The van der Waals surface area contributed by atoms with Crippen LogP contribution >= 0.6 is 0 Å². The van der Waals surface area contributed by atoms with Gasteiger partial charge >= 0.3 is 0 Å². The molecular formula is C13H26FN. The number of halogens is 1. The third-order valence-corrected chi connectivity index (χ3v) is 3.37. The molecule has 0 bridgehead atoms. The second-order valence-corrected chi connectivity index (χ2v) is 4.78. The van der Waals surface area contributed by atoms with Gasteiger partial charge in [-0.25, -0.2) is 4.39 Å². The predicted molar refractivity (Wildman–Crippen MR) is 63.9 cm³/mol. The topological polar surface area (TPSA) is 12.0 Å². The van der Waals surface area contributed by atoms with Crippen LogP contribution in [-0.2, 0) is 0 Å². The van der Waals surface area contributed by atoms with Crippen molar-refractivity contribution in [3.05, 3.63) is 0 Å². The van der Waals surface area contributed by atoms with Crippen molar-refractivity contribution in [3.63, 3.8) is 0 Å². The van der Waals surface area contributed by atoms with Crippen LogP contribution in [0.3, 0.4) is 0 Å². The summed E-state index contributed by atoms with van der Waals surface area (Å²) in [6.07, 6.45) is 9.89. The Kier molecular flexibility index (Phi) is 6.99. The molecule has 1 N–H and O–H groups in total. The lowest BCUT2D eigenvalue weighted by Gasteiger charge is -2.15. The van der Waals surface area contributed by atoms with Gasteiger partial charge in [0.25, 0.3) is 0 Å². The van der Waals surface area contributed by atoms with Gasteiger partial charge in [-0.05, 0) is 25.8 Å². The number of nitrogens with one attached hydrogen (secondary N) is 1. The molecule has 0 aromatic heterocycles. The van der Waals surface area contributed by atoms with Crippen LogP contribution in [0.4, 0.5) is 4.39 Å². The normalized spacial score (nSPS) is 23.2. The Labute approximate surface area is 93.8 Å². The van der Waals surface area contributed by atoms with Crippen LogP contribution in [0.2, 0.25) is 0 Å². The molecule has 2 heteroatoms. The van der Waals surface area contributed by atoms with E-state index in [-0.39, 0.29) is 6.04 Å². The maximum atomic E-state index is 13.6. The van der Waals surface area contributed by atoms with Crippen molar-refractivity contribution < 1.29 is 4.39 Å². The van der Waals surface area contributed by atoms with Crippen LogP contribution in [0, 0.1) is 0 Å². The van der Waals surface area contributed by atoms with E-state index in [0.717, 1.165) is 32.2 Å². The predicted octanol–water partition coefficient (Wildman–Crippen LogP) is 3.83. The van der Waals surface area contributed by atoms with Gasteiger partial charge in [-0.2, -0.15) is 0 Å². The van der Waals surface area contributed by atoms with Crippen molar-refractivity contribution in [1.29, 1.82) is 0 Å². The number of unbranched alkanes of at least 4 members (excludes halogenated alkanes) is 5. The summed E-state index contributed by atoms with van der Waals surface area (Å²) in [7, 11) is 0. The summed E-state index contributed by atoms with van der Waals surface area (Å²) in [4.78, 5) is 0. The first-order valence-electron chi connectivity index (χ1n) is 6.72. The van der Waals surface area contributed by atoms with E-state index in [2.05, 4.69) is 12.2 Å². The Morgan fingerprint density at radius 2 is 1.93 bits per heavy atom. The zero-order chi connectivity index (χ0) is 10.9. The zero-order valence-corrected chi connectivity index (χ0v) is 10.1. The number of hydrogen-bond donors (Lipinski definition) is 1. The summed E-state index contributed by atoms with van der Waals surface area (Å²) >= 11 is 0. The quantitative estimate of drug-likeness (QED) is 0.607. The van der Waals surface area contributed by atoms with Crippen molar-refractivity contribution in [2.24, 2.45) is 0 Å². The van der Waals surface area contributed by atoms with E-state index in [0.29, 0.717) is 0 Å². The van der Waals surface area contributed by atoms with Crippen molar-refractivity contribution in [2.75, 3.05) is 6.54 Å². The van der Waals surface area contributed by atoms with E-state index in [4.69, 9.17) is 0 Å². The van der Waals surface area contributed by atoms with Gasteiger partial charge in [0.05, 0.1) is 0 Å². The maximum absolute atomic E-state index is 13.6. The van der Waals surface area contributed by atoms with Gasteiger partial charge in [-0.15, -0.1) is 0 Å². The van der Waals surface area contributed by atoms with Crippen LogP contribution in [0.1, 0.15) is 64.7 Å². The molecule has 0 aromatic rings. The van der Waals surface area contributed by atoms with E-state index >= 15 is 0 Å². The van der Waals surface area contributed by atoms with Crippen molar-refractivity contribution in [2.45, 2.75) is 76.9 Å². The lowest BCUT2D eigenvalue weighted by atomic mass is 10.0. The average Bonchev–Trinajstić information content (AvgIpc) is 2.76. The Hall–Kier alpha value is -0.110. The Balaban J connectivity index is 1.90. The molecule has 15 heavy (non-hydrogen) atoms. The number of rotatable bonds is 8. The molecule has 1 heterocycles. The minimum absolute atomic E-state index is 0.167. The van der Waals surface area contributed by atoms with Crippen molar-refractivity contribution in [3.8, 4) is 0 Å². The summed E-state index contributed by atoms with van der Waals surface area (Å²) in [6, 6.07) is 0.167. The van der Waals surface area contributed by atoms with Gasteiger partial charge in [0.2, 0.25) is 0 Å². The molecule has 1 fully saturated rings. The minimum Gasteiger partial charge on any atom is -0.311 e. The average molecular weight is 215 g/mol. The highest BCUT2D eigenvalue weighted by atomic mass is 19.1. The van der Waals surface area contributed by atoms with Gasteiger partial charge in [-0.3, -0.25) is 0 Å². The molecule has 0 aliphatic carbocycles. The van der Waals surface area contributed by atoms with Gasteiger partial charge < -0.3 is 5.32 Å². The summed E-state index contributed by atoms with van der Waals surface area (Å²) in [5.74, 6) is 0.